The predicted octanol–water partition coefficient (Wildman–Crippen LogP) is 2.56. The molecule has 1 aromatic rings. The molecule has 1 aromatic carbocycles. The van der Waals surface area contributed by atoms with Gasteiger partial charge in [-0.15, -0.1) is 0 Å². The Balaban J connectivity index is 1.87. The Morgan fingerprint density at radius 1 is 1.43 bits per heavy atom. The molecule has 21 heavy (non-hydrogen) atoms. The average Bonchev–Trinajstić information content (AvgIpc) is 2.54. The number of rotatable bonds is 3. The highest BCUT2D eigenvalue weighted by atomic mass is 32.2. The zero-order valence-electron chi connectivity index (χ0n) is 12.3. The van der Waals surface area contributed by atoms with Gasteiger partial charge in [-0.3, -0.25) is 0 Å². The van der Waals surface area contributed by atoms with Crippen LogP contribution in [0.25, 0.3) is 0 Å². The summed E-state index contributed by atoms with van der Waals surface area (Å²) in [7, 11) is -3.35. The van der Waals surface area contributed by atoms with Gasteiger partial charge in [-0.05, 0) is 43.0 Å². The smallest absolute Gasteiger partial charge is 0.243 e. The van der Waals surface area contributed by atoms with Gasteiger partial charge >= 0.3 is 0 Å². The highest BCUT2D eigenvalue weighted by Crippen LogP contribution is 2.29. The van der Waals surface area contributed by atoms with Crippen molar-refractivity contribution in [2.45, 2.75) is 36.3 Å². The third-order valence-corrected chi connectivity index (χ3v) is 7.44. The van der Waals surface area contributed by atoms with Crippen LogP contribution in [0.5, 0.6) is 0 Å². The normalized spacial score (nSPS) is 23.4. The van der Waals surface area contributed by atoms with Gasteiger partial charge in [-0.25, -0.2) is 8.42 Å². The van der Waals surface area contributed by atoms with Crippen LogP contribution in [-0.2, 0) is 16.4 Å². The Labute approximate surface area is 131 Å². The molecule has 1 unspecified atom stereocenters. The number of benzene rings is 1. The van der Waals surface area contributed by atoms with Gasteiger partial charge in [0, 0.05) is 36.3 Å². The largest absolute Gasteiger partial charge is 0.385 e. The average molecular weight is 326 g/mol. The lowest BCUT2D eigenvalue weighted by Crippen LogP contribution is -2.41. The van der Waals surface area contributed by atoms with E-state index in [-0.39, 0.29) is 0 Å². The fourth-order valence-electron chi connectivity index (χ4n) is 2.92. The summed E-state index contributed by atoms with van der Waals surface area (Å²) in [5.74, 6) is 0.893. The van der Waals surface area contributed by atoms with E-state index in [2.05, 4.69) is 12.2 Å². The minimum Gasteiger partial charge on any atom is -0.385 e. The molecule has 116 valence electrons. The van der Waals surface area contributed by atoms with Crippen molar-refractivity contribution in [2.24, 2.45) is 0 Å². The Morgan fingerprint density at radius 3 is 3.10 bits per heavy atom. The van der Waals surface area contributed by atoms with Crippen molar-refractivity contribution >= 4 is 27.5 Å². The number of fused-ring (bicyclic) bond motifs is 1. The lowest BCUT2D eigenvalue weighted by Gasteiger charge is -2.31. The molecule has 0 amide bonds. The molecule has 0 aromatic heterocycles. The fraction of sp³-hybridized carbons (Fsp3) is 0.600. The number of thioether (sulfide) groups is 1. The maximum atomic E-state index is 12.8. The lowest BCUT2D eigenvalue weighted by atomic mass is 10.0. The molecule has 2 heterocycles. The summed E-state index contributed by atoms with van der Waals surface area (Å²) in [5.41, 5.74) is 2.21. The van der Waals surface area contributed by atoms with E-state index in [1.807, 2.05) is 23.9 Å². The minimum absolute atomic E-state index is 0.424. The fourth-order valence-corrected chi connectivity index (χ4v) is 5.85. The number of anilines is 1. The van der Waals surface area contributed by atoms with E-state index in [4.69, 9.17) is 0 Å². The van der Waals surface area contributed by atoms with Gasteiger partial charge in [0.05, 0.1) is 4.90 Å². The van der Waals surface area contributed by atoms with Gasteiger partial charge in [0.25, 0.3) is 0 Å². The van der Waals surface area contributed by atoms with Crippen LogP contribution in [0.15, 0.2) is 23.1 Å². The number of sulfonamides is 1. The van der Waals surface area contributed by atoms with Crippen molar-refractivity contribution in [2.75, 3.05) is 30.7 Å². The number of nitrogens with zero attached hydrogens (tertiary/aromatic N) is 1. The molecule has 1 atom stereocenters. The molecule has 1 fully saturated rings. The Morgan fingerprint density at radius 2 is 2.29 bits per heavy atom. The van der Waals surface area contributed by atoms with Crippen molar-refractivity contribution in [1.82, 2.24) is 4.31 Å². The monoisotopic (exact) mass is 326 g/mol. The lowest BCUT2D eigenvalue weighted by molar-refractivity contribution is 0.416. The van der Waals surface area contributed by atoms with Gasteiger partial charge in [0.15, 0.2) is 0 Å². The highest BCUT2D eigenvalue weighted by molar-refractivity contribution is 8.00. The van der Waals surface area contributed by atoms with Crippen LogP contribution in [0, 0.1) is 0 Å². The highest BCUT2D eigenvalue weighted by Gasteiger charge is 2.30. The van der Waals surface area contributed by atoms with Crippen LogP contribution in [-0.4, -0.2) is 43.4 Å². The topological polar surface area (TPSA) is 49.4 Å². The van der Waals surface area contributed by atoms with Crippen LogP contribution in [0.3, 0.4) is 0 Å². The van der Waals surface area contributed by atoms with Gasteiger partial charge in [0.1, 0.15) is 0 Å². The van der Waals surface area contributed by atoms with E-state index in [0.717, 1.165) is 42.8 Å². The van der Waals surface area contributed by atoms with Crippen molar-refractivity contribution in [1.29, 1.82) is 0 Å². The van der Waals surface area contributed by atoms with E-state index in [1.165, 1.54) is 0 Å². The zero-order chi connectivity index (χ0) is 14.9. The number of hydrogen-bond donors (Lipinski definition) is 1. The van der Waals surface area contributed by atoms with Crippen molar-refractivity contribution in [3.63, 3.8) is 0 Å². The first kappa shape index (κ1) is 15.2. The molecular formula is C15H22N2O2S2. The standard InChI is InChI=1S/C15H22N2O2S2/c1-2-13-11-17(8-9-20-13)21(18,19)14-5-6-15-12(10-14)4-3-7-16-15/h5-6,10,13,16H,2-4,7-9,11H2,1H3. The quantitative estimate of drug-likeness (QED) is 0.927. The summed E-state index contributed by atoms with van der Waals surface area (Å²) in [4.78, 5) is 0.451. The molecule has 1 N–H and O–H groups in total. The summed E-state index contributed by atoms with van der Waals surface area (Å²) in [6, 6.07) is 5.52. The van der Waals surface area contributed by atoms with E-state index >= 15 is 0 Å². The zero-order valence-corrected chi connectivity index (χ0v) is 14.0. The first-order valence-corrected chi connectivity index (χ1v) is 10.1. The molecular weight excluding hydrogens is 304 g/mol. The molecule has 0 aliphatic carbocycles. The van der Waals surface area contributed by atoms with Crippen LogP contribution >= 0.6 is 11.8 Å². The number of nitrogens with one attached hydrogen (secondary N) is 1. The molecule has 0 saturated carbocycles. The van der Waals surface area contributed by atoms with Gasteiger partial charge in [0.2, 0.25) is 10.0 Å². The minimum atomic E-state index is -3.35. The first-order chi connectivity index (χ1) is 10.1. The van der Waals surface area contributed by atoms with Crippen LogP contribution in [0.1, 0.15) is 25.3 Å². The molecule has 0 radical (unpaired) electrons. The Kier molecular flexibility index (Phi) is 4.47. The molecule has 0 spiro atoms. The third-order valence-electron chi connectivity index (χ3n) is 4.21. The number of hydrogen-bond acceptors (Lipinski definition) is 4. The summed E-state index contributed by atoms with van der Waals surface area (Å²) in [6.45, 7) is 4.36. The predicted molar refractivity (Wildman–Crippen MR) is 88.5 cm³/mol. The molecule has 2 aliphatic heterocycles. The Hall–Kier alpha value is -0.720. The summed E-state index contributed by atoms with van der Waals surface area (Å²) < 4.78 is 27.3. The maximum absolute atomic E-state index is 12.8. The summed E-state index contributed by atoms with van der Waals surface area (Å²) >= 11 is 1.88. The molecule has 6 heteroatoms. The van der Waals surface area contributed by atoms with Crippen LogP contribution < -0.4 is 5.32 Å². The van der Waals surface area contributed by atoms with E-state index in [1.54, 1.807) is 10.4 Å². The molecule has 2 aliphatic rings. The second-order valence-corrected chi connectivity index (χ2v) is 8.96. The van der Waals surface area contributed by atoms with Gasteiger partial charge < -0.3 is 5.32 Å². The van der Waals surface area contributed by atoms with Crippen molar-refractivity contribution in [3.05, 3.63) is 23.8 Å². The summed E-state index contributed by atoms with van der Waals surface area (Å²) in [5, 5.41) is 3.75. The number of aryl methyl sites for hydroxylation is 1. The molecule has 3 rings (SSSR count). The van der Waals surface area contributed by atoms with E-state index in [0.29, 0.717) is 23.2 Å². The Bertz CT molecular complexity index is 616. The van der Waals surface area contributed by atoms with Crippen LogP contribution in [0.4, 0.5) is 5.69 Å². The van der Waals surface area contributed by atoms with E-state index in [9.17, 15) is 8.42 Å². The SMILES string of the molecule is CCC1CN(S(=O)(=O)c2ccc3c(c2)CCCN3)CCS1. The van der Waals surface area contributed by atoms with Crippen molar-refractivity contribution in [3.8, 4) is 0 Å². The second kappa shape index (κ2) is 6.18. The van der Waals surface area contributed by atoms with Gasteiger partial charge in [-0.2, -0.15) is 16.1 Å². The van der Waals surface area contributed by atoms with E-state index < -0.39 is 10.0 Å². The maximum Gasteiger partial charge on any atom is 0.243 e. The van der Waals surface area contributed by atoms with Crippen molar-refractivity contribution < 1.29 is 8.42 Å². The van der Waals surface area contributed by atoms with Gasteiger partial charge in [-0.1, -0.05) is 6.92 Å². The van der Waals surface area contributed by atoms with Crippen LogP contribution in [0.2, 0.25) is 0 Å². The summed E-state index contributed by atoms with van der Waals surface area (Å²) in [6.07, 6.45) is 3.04. The molecule has 1 saturated heterocycles. The molecule has 0 bridgehead atoms. The first-order valence-electron chi connectivity index (χ1n) is 7.60. The third kappa shape index (κ3) is 3.07. The second-order valence-electron chi connectivity index (χ2n) is 5.61. The molecule has 4 nitrogen and oxygen atoms in total.